The molecular weight excluding hydrogens is 346 g/mol. The van der Waals surface area contributed by atoms with Crippen molar-refractivity contribution in [3.63, 3.8) is 0 Å². The Labute approximate surface area is 157 Å². The van der Waals surface area contributed by atoms with E-state index in [-0.39, 0.29) is 11.5 Å². The van der Waals surface area contributed by atoms with E-state index in [1.54, 1.807) is 20.8 Å². The number of aryl methyl sites for hydroxylation is 1. The predicted molar refractivity (Wildman–Crippen MR) is 108 cm³/mol. The SMILES string of the molecule is CC(C)(C)S(=O)(=O)CCCCCC(=O)CCCc1c[nH]c2ccccc12. The van der Waals surface area contributed by atoms with E-state index < -0.39 is 14.6 Å². The lowest BCUT2D eigenvalue weighted by Crippen LogP contribution is -2.30. The van der Waals surface area contributed by atoms with Crippen LogP contribution in [0.25, 0.3) is 10.9 Å². The summed E-state index contributed by atoms with van der Waals surface area (Å²) < 4.78 is 23.4. The van der Waals surface area contributed by atoms with Crippen LogP contribution >= 0.6 is 0 Å². The third-order valence-corrected chi connectivity index (χ3v) is 7.57. The Kier molecular flexibility index (Phi) is 7.04. The molecule has 0 bridgehead atoms. The van der Waals surface area contributed by atoms with Crippen molar-refractivity contribution in [2.24, 2.45) is 0 Å². The second-order valence-corrected chi connectivity index (χ2v) is 10.9. The van der Waals surface area contributed by atoms with Gasteiger partial charge < -0.3 is 4.98 Å². The smallest absolute Gasteiger partial charge is 0.155 e. The molecule has 0 saturated carbocycles. The first-order valence-corrected chi connectivity index (χ1v) is 11.1. The van der Waals surface area contributed by atoms with E-state index in [9.17, 15) is 13.2 Å². The lowest BCUT2D eigenvalue weighted by Gasteiger charge is -2.18. The maximum atomic E-state index is 12.0. The Morgan fingerprint density at radius 1 is 1.00 bits per heavy atom. The van der Waals surface area contributed by atoms with E-state index in [1.165, 1.54) is 10.9 Å². The van der Waals surface area contributed by atoms with Crippen molar-refractivity contribution >= 4 is 26.5 Å². The fraction of sp³-hybridized carbons (Fsp3) is 0.571. The van der Waals surface area contributed by atoms with E-state index in [0.29, 0.717) is 19.3 Å². The molecule has 1 aromatic heterocycles. The molecule has 0 atom stereocenters. The fourth-order valence-corrected chi connectivity index (χ4v) is 4.23. The summed E-state index contributed by atoms with van der Waals surface area (Å²) in [6, 6.07) is 8.21. The third kappa shape index (κ3) is 5.70. The molecule has 2 rings (SSSR count). The van der Waals surface area contributed by atoms with E-state index in [0.717, 1.165) is 31.2 Å². The maximum Gasteiger partial charge on any atom is 0.155 e. The zero-order chi connectivity index (χ0) is 19.2. The van der Waals surface area contributed by atoms with Crippen LogP contribution in [0.15, 0.2) is 30.5 Å². The standard InChI is InChI=1S/C21H31NO3S/c1-21(2,3)26(24,25)15-8-4-5-11-18(23)12-9-10-17-16-22-20-14-7-6-13-19(17)20/h6-7,13-14,16,22H,4-5,8-12,15H2,1-3H3. The number of hydrogen-bond acceptors (Lipinski definition) is 3. The fourth-order valence-electron chi connectivity index (χ4n) is 3.04. The van der Waals surface area contributed by atoms with Gasteiger partial charge in [0, 0.05) is 29.9 Å². The summed E-state index contributed by atoms with van der Waals surface area (Å²) in [5.41, 5.74) is 2.40. The van der Waals surface area contributed by atoms with E-state index in [4.69, 9.17) is 0 Å². The van der Waals surface area contributed by atoms with Gasteiger partial charge in [0.15, 0.2) is 9.84 Å². The van der Waals surface area contributed by atoms with E-state index >= 15 is 0 Å². The van der Waals surface area contributed by atoms with Crippen LogP contribution in [0.4, 0.5) is 0 Å². The third-order valence-electron chi connectivity index (χ3n) is 4.88. The molecule has 0 radical (unpaired) electrons. The highest BCUT2D eigenvalue weighted by atomic mass is 32.2. The number of ketones is 1. The number of carbonyl (C=O) groups excluding carboxylic acids is 1. The Hall–Kier alpha value is -1.62. The molecule has 1 N–H and O–H groups in total. The Bertz CT molecular complexity index is 828. The van der Waals surface area contributed by atoms with Gasteiger partial charge in [-0.3, -0.25) is 4.79 Å². The molecule has 0 amide bonds. The van der Waals surface area contributed by atoms with Gasteiger partial charge in [-0.1, -0.05) is 24.6 Å². The van der Waals surface area contributed by atoms with Crippen LogP contribution < -0.4 is 0 Å². The summed E-state index contributed by atoms with van der Waals surface area (Å²) >= 11 is 0. The molecule has 0 unspecified atom stereocenters. The minimum Gasteiger partial charge on any atom is -0.361 e. The first-order valence-electron chi connectivity index (χ1n) is 9.50. The predicted octanol–water partition coefficient (Wildman–Crippen LogP) is 4.83. The number of H-pyrrole nitrogens is 1. The second kappa shape index (κ2) is 8.85. The van der Waals surface area contributed by atoms with Crippen molar-refractivity contribution in [2.45, 2.75) is 70.5 Å². The highest BCUT2D eigenvalue weighted by Crippen LogP contribution is 2.20. The lowest BCUT2D eigenvalue weighted by molar-refractivity contribution is -0.119. The first-order chi connectivity index (χ1) is 12.2. The van der Waals surface area contributed by atoms with Crippen LogP contribution in [0.5, 0.6) is 0 Å². The number of benzene rings is 1. The number of carbonyl (C=O) groups is 1. The van der Waals surface area contributed by atoms with Gasteiger partial charge in [0.05, 0.1) is 10.5 Å². The van der Waals surface area contributed by atoms with Gasteiger partial charge in [0.2, 0.25) is 0 Å². The van der Waals surface area contributed by atoms with E-state index in [2.05, 4.69) is 17.1 Å². The number of hydrogen-bond donors (Lipinski definition) is 1. The molecule has 0 aliphatic carbocycles. The second-order valence-electron chi connectivity index (χ2n) is 7.99. The van der Waals surface area contributed by atoms with Crippen molar-refractivity contribution < 1.29 is 13.2 Å². The number of aromatic amines is 1. The quantitative estimate of drug-likeness (QED) is 0.603. The van der Waals surface area contributed by atoms with Crippen molar-refractivity contribution in [1.82, 2.24) is 4.98 Å². The average molecular weight is 378 g/mol. The van der Waals surface area contributed by atoms with Crippen molar-refractivity contribution in [3.8, 4) is 0 Å². The van der Waals surface area contributed by atoms with Gasteiger partial charge in [0.25, 0.3) is 0 Å². The van der Waals surface area contributed by atoms with Gasteiger partial charge in [0.1, 0.15) is 5.78 Å². The molecule has 1 aromatic carbocycles. The monoisotopic (exact) mass is 377 g/mol. The van der Waals surface area contributed by atoms with Gasteiger partial charge in [-0.05, 0) is 58.1 Å². The zero-order valence-corrected chi connectivity index (χ0v) is 17.0. The lowest BCUT2D eigenvalue weighted by atomic mass is 10.0. The minimum atomic E-state index is -3.04. The summed E-state index contributed by atoms with van der Waals surface area (Å²) in [5, 5.41) is 1.24. The Balaban J connectivity index is 1.62. The summed E-state index contributed by atoms with van der Waals surface area (Å²) in [5.74, 6) is 0.495. The van der Waals surface area contributed by atoms with Crippen LogP contribution in [0, 0.1) is 0 Å². The summed E-state index contributed by atoms with van der Waals surface area (Å²) in [6.45, 7) is 5.21. The number of rotatable bonds is 10. The van der Waals surface area contributed by atoms with Crippen molar-refractivity contribution in [2.75, 3.05) is 5.75 Å². The number of aromatic nitrogens is 1. The van der Waals surface area contributed by atoms with Gasteiger partial charge in [-0.15, -0.1) is 0 Å². The van der Waals surface area contributed by atoms with E-state index in [1.807, 2.05) is 18.3 Å². The minimum absolute atomic E-state index is 0.214. The number of fused-ring (bicyclic) bond motifs is 1. The molecular formula is C21H31NO3S. The molecule has 4 nitrogen and oxygen atoms in total. The van der Waals surface area contributed by atoms with Crippen LogP contribution in [0.1, 0.15) is 64.9 Å². The molecule has 26 heavy (non-hydrogen) atoms. The Morgan fingerprint density at radius 2 is 1.69 bits per heavy atom. The van der Waals surface area contributed by atoms with Gasteiger partial charge >= 0.3 is 0 Å². The number of Topliss-reactive ketones (excluding diaryl/α,β-unsaturated/α-hetero) is 1. The van der Waals surface area contributed by atoms with Gasteiger partial charge in [-0.25, -0.2) is 8.42 Å². The number of unbranched alkanes of at least 4 members (excludes halogenated alkanes) is 2. The molecule has 1 heterocycles. The summed E-state index contributed by atoms with van der Waals surface area (Å²) in [7, 11) is -3.04. The molecule has 0 spiro atoms. The van der Waals surface area contributed by atoms with Crippen LogP contribution in [0.3, 0.4) is 0 Å². The van der Waals surface area contributed by atoms with Crippen LogP contribution in [-0.2, 0) is 21.1 Å². The largest absolute Gasteiger partial charge is 0.361 e. The Morgan fingerprint density at radius 3 is 2.42 bits per heavy atom. The topological polar surface area (TPSA) is 67.0 Å². The molecule has 2 aromatic rings. The van der Waals surface area contributed by atoms with Crippen LogP contribution in [0.2, 0.25) is 0 Å². The first kappa shape index (κ1) is 20.7. The maximum absolute atomic E-state index is 12.0. The van der Waals surface area contributed by atoms with Crippen molar-refractivity contribution in [3.05, 3.63) is 36.0 Å². The zero-order valence-electron chi connectivity index (χ0n) is 16.2. The molecule has 5 heteroatoms. The highest BCUT2D eigenvalue weighted by Gasteiger charge is 2.27. The summed E-state index contributed by atoms with van der Waals surface area (Å²) in [4.78, 5) is 15.3. The highest BCUT2D eigenvalue weighted by molar-refractivity contribution is 7.92. The number of nitrogens with one attached hydrogen (secondary N) is 1. The van der Waals surface area contributed by atoms with Crippen LogP contribution in [-0.4, -0.2) is 29.7 Å². The molecule has 0 aliphatic rings. The molecule has 0 aliphatic heterocycles. The normalized spacial score (nSPS) is 12.6. The van der Waals surface area contributed by atoms with Gasteiger partial charge in [-0.2, -0.15) is 0 Å². The molecule has 0 saturated heterocycles. The molecule has 144 valence electrons. The summed E-state index contributed by atoms with van der Waals surface area (Å²) in [6.07, 6.45) is 7.17. The average Bonchev–Trinajstić information content (AvgIpc) is 2.97. The number of para-hydroxylation sites is 1. The van der Waals surface area contributed by atoms with Crippen molar-refractivity contribution in [1.29, 1.82) is 0 Å². The number of sulfone groups is 1. The molecule has 0 fully saturated rings.